The summed E-state index contributed by atoms with van der Waals surface area (Å²) in [6.45, 7) is 0. The zero-order chi connectivity index (χ0) is 9.80. The molecule has 0 bridgehead atoms. The Hall–Kier alpha value is -0.950. The second kappa shape index (κ2) is 4.52. The fraction of sp³-hybridized carbons (Fsp3) is 0.333. The predicted molar refractivity (Wildman–Crippen MR) is 61.9 cm³/mol. The van der Waals surface area contributed by atoms with E-state index in [1.807, 2.05) is 24.3 Å². The van der Waals surface area contributed by atoms with E-state index in [1.165, 1.54) is 19.3 Å². The Morgan fingerprint density at radius 1 is 1.29 bits per heavy atom. The molecule has 0 spiro atoms. The summed E-state index contributed by atoms with van der Waals surface area (Å²) in [6, 6.07) is 8.33. The van der Waals surface area contributed by atoms with Gasteiger partial charge in [0.05, 0.1) is 10.7 Å². The SMILES string of the molecule is Clc1ccccc1NC1C=CCCC1. The Kier molecular flexibility index (Phi) is 3.10. The van der Waals surface area contributed by atoms with Crippen LogP contribution in [0.25, 0.3) is 0 Å². The van der Waals surface area contributed by atoms with Gasteiger partial charge in [0.15, 0.2) is 0 Å². The van der Waals surface area contributed by atoms with Crippen molar-refractivity contribution in [1.82, 2.24) is 0 Å². The molecule has 2 heteroatoms. The lowest BCUT2D eigenvalue weighted by Crippen LogP contribution is -2.18. The van der Waals surface area contributed by atoms with E-state index in [0.717, 1.165) is 10.7 Å². The average Bonchev–Trinajstić information content (AvgIpc) is 2.23. The Bertz CT molecular complexity index is 333. The molecule has 14 heavy (non-hydrogen) atoms. The lowest BCUT2D eigenvalue weighted by Gasteiger charge is -2.19. The average molecular weight is 208 g/mol. The van der Waals surface area contributed by atoms with Crippen molar-refractivity contribution in [2.45, 2.75) is 25.3 Å². The highest BCUT2D eigenvalue weighted by Crippen LogP contribution is 2.23. The van der Waals surface area contributed by atoms with Crippen LogP contribution in [0.4, 0.5) is 5.69 Å². The number of para-hydroxylation sites is 1. The van der Waals surface area contributed by atoms with Crippen LogP contribution in [0.2, 0.25) is 5.02 Å². The van der Waals surface area contributed by atoms with Gasteiger partial charge in [0.2, 0.25) is 0 Å². The molecule has 1 atom stereocenters. The number of hydrogen-bond donors (Lipinski definition) is 1. The second-order valence-electron chi connectivity index (χ2n) is 3.59. The van der Waals surface area contributed by atoms with Crippen LogP contribution in [0.5, 0.6) is 0 Å². The first-order valence-corrected chi connectivity index (χ1v) is 5.42. The Balaban J connectivity index is 2.06. The highest BCUT2D eigenvalue weighted by molar-refractivity contribution is 6.33. The third-order valence-corrected chi connectivity index (χ3v) is 2.80. The highest BCUT2D eigenvalue weighted by Gasteiger charge is 2.08. The molecule has 0 amide bonds. The van der Waals surface area contributed by atoms with Crippen molar-refractivity contribution >= 4 is 17.3 Å². The summed E-state index contributed by atoms with van der Waals surface area (Å²) in [7, 11) is 0. The summed E-state index contributed by atoms with van der Waals surface area (Å²) in [6.07, 6.45) is 8.13. The highest BCUT2D eigenvalue weighted by atomic mass is 35.5. The molecule has 0 heterocycles. The number of benzene rings is 1. The summed E-state index contributed by atoms with van der Waals surface area (Å²) in [5, 5.41) is 4.23. The molecule has 0 radical (unpaired) electrons. The molecule has 2 rings (SSSR count). The summed E-state index contributed by atoms with van der Waals surface area (Å²) >= 11 is 6.06. The van der Waals surface area contributed by atoms with Crippen LogP contribution in [0.3, 0.4) is 0 Å². The van der Waals surface area contributed by atoms with Crippen molar-refractivity contribution < 1.29 is 0 Å². The topological polar surface area (TPSA) is 12.0 Å². The van der Waals surface area contributed by atoms with E-state index in [-0.39, 0.29) is 0 Å². The Labute approximate surface area is 89.8 Å². The number of rotatable bonds is 2. The van der Waals surface area contributed by atoms with Gasteiger partial charge in [-0.1, -0.05) is 35.9 Å². The molecule has 1 N–H and O–H groups in total. The monoisotopic (exact) mass is 207 g/mol. The van der Waals surface area contributed by atoms with E-state index < -0.39 is 0 Å². The lowest BCUT2D eigenvalue weighted by molar-refractivity contribution is 0.674. The Morgan fingerprint density at radius 2 is 2.14 bits per heavy atom. The van der Waals surface area contributed by atoms with E-state index >= 15 is 0 Å². The van der Waals surface area contributed by atoms with Gasteiger partial charge in [0, 0.05) is 6.04 Å². The lowest BCUT2D eigenvalue weighted by atomic mass is 10.0. The smallest absolute Gasteiger partial charge is 0.0637 e. The van der Waals surface area contributed by atoms with Gasteiger partial charge in [-0.25, -0.2) is 0 Å². The first-order valence-electron chi connectivity index (χ1n) is 5.04. The molecule has 1 aliphatic carbocycles. The number of nitrogens with one attached hydrogen (secondary N) is 1. The van der Waals surface area contributed by atoms with E-state index in [2.05, 4.69) is 17.5 Å². The molecule has 1 aromatic carbocycles. The van der Waals surface area contributed by atoms with Crippen LogP contribution in [-0.4, -0.2) is 6.04 Å². The quantitative estimate of drug-likeness (QED) is 0.727. The van der Waals surface area contributed by atoms with Gasteiger partial charge in [-0.05, 0) is 31.4 Å². The van der Waals surface area contributed by atoms with Crippen molar-refractivity contribution in [1.29, 1.82) is 0 Å². The predicted octanol–water partition coefficient (Wildman–Crippen LogP) is 3.86. The fourth-order valence-corrected chi connectivity index (χ4v) is 1.90. The molecular formula is C12H14ClN. The van der Waals surface area contributed by atoms with Crippen molar-refractivity contribution in [2.75, 3.05) is 5.32 Å². The molecule has 0 aliphatic heterocycles. The van der Waals surface area contributed by atoms with E-state index in [1.54, 1.807) is 0 Å². The van der Waals surface area contributed by atoms with Gasteiger partial charge in [0.25, 0.3) is 0 Å². The molecule has 1 aromatic rings. The van der Waals surface area contributed by atoms with Crippen LogP contribution in [0.15, 0.2) is 36.4 Å². The summed E-state index contributed by atoms with van der Waals surface area (Å²) in [5.41, 5.74) is 1.03. The van der Waals surface area contributed by atoms with E-state index in [9.17, 15) is 0 Å². The zero-order valence-electron chi connectivity index (χ0n) is 8.04. The number of anilines is 1. The molecule has 0 aromatic heterocycles. The maximum atomic E-state index is 6.06. The van der Waals surface area contributed by atoms with E-state index in [0.29, 0.717) is 6.04 Å². The molecule has 74 valence electrons. The standard InChI is InChI=1S/C12H14ClN/c13-11-8-4-5-9-12(11)14-10-6-2-1-3-7-10/h2,4-6,8-10,14H,1,3,7H2. The molecule has 0 saturated heterocycles. The zero-order valence-corrected chi connectivity index (χ0v) is 8.80. The van der Waals surface area contributed by atoms with Gasteiger partial charge < -0.3 is 5.32 Å². The molecule has 0 saturated carbocycles. The van der Waals surface area contributed by atoms with Gasteiger partial charge in [-0.3, -0.25) is 0 Å². The van der Waals surface area contributed by atoms with Crippen molar-refractivity contribution in [2.24, 2.45) is 0 Å². The largest absolute Gasteiger partial charge is 0.378 e. The number of allylic oxidation sites excluding steroid dienone is 1. The molecule has 1 unspecified atom stereocenters. The van der Waals surface area contributed by atoms with Gasteiger partial charge in [-0.15, -0.1) is 0 Å². The van der Waals surface area contributed by atoms with Gasteiger partial charge in [-0.2, -0.15) is 0 Å². The first-order chi connectivity index (χ1) is 6.86. The van der Waals surface area contributed by atoms with Crippen LogP contribution in [0.1, 0.15) is 19.3 Å². The molecule has 1 aliphatic rings. The number of halogens is 1. The van der Waals surface area contributed by atoms with Gasteiger partial charge >= 0.3 is 0 Å². The van der Waals surface area contributed by atoms with Crippen LogP contribution in [-0.2, 0) is 0 Å². The maximum Gasteiger partial charge on any atom is 0.0637 e. The Morgan fingerprint density at radius 3 is 2.86 bits per heavy atom. The molecule has 1 nitrogen and oxygen atoms in total. The summed E-state index contributed by atoms with van der Waals surface area (Å²) < 4.78 is 0. The normalized spacial score (nSPS) is 20.8. The maximum absolute atomic E-state index is 6.06. The summed E-state index contributed by atoms with van der Waals surface area (Å²) in [5.74, 6) is 0. The number of hydrogen-bond acceptors (Lipinski definition) is 1. The summed E-state index contributed by atoms with van der Waals surface area (Å²) in [4.78, 5) is 0. The second-order valence-corrected chi connectivity index (χ2v) is 4.00. The van der Waals surface area contributed by atoms with Crippen LogP contribution < -0.4 is 5.32 Å². The molecular weight excluding hydrogens is 194 g/mol. The third-order valence-electron chi connectivity index (χ3n) is 2.47. The first kappa shape index (κ1) is 9.60. The van der Waals surface area contributed by atoms with Gasteiger partial charge in [0.1, 0.15) is 0 Å². The minimum absolute atomic E-state index is 0.448. The van der Waals surface area contributed by atoms with Crippen molar-refractivity contribution in [3.05, 3.63) is 41.4 Å². The minimum atomic E-state index is 0.448. The van der Waals surface area contributed by atoms with Crippen molar-refractivity contribution in [3.8, 4) is 0 Å². The van der Waals surface area contributed by atoms with Crippen LogP contribution >= 0.6 is 11.6 Å². The minimum Gasteiger partial charge on any atom is -0.378 e. The van der Waals surface area contributed by atoms with Crippen molar-refractivity contribution in [3.63, 3.8) is 0 Å². The fourth-order valence-electron chi connectivity index (χ4n) is 1.71. The van der Waals surface area contributed by atoms with E-state index in [4.69, 9.17) is 11.6 Å². The molecule has 0 fully saturated rings. The third kappa shape index (κ3) is 2.30. The van der Waals surface area contributed by atoms with Crippen LogP contribution in [0, 0.1) is 0 Å².